The molecule has 26 heavy (non-hydrogen) atoms. The van der Waals surface area contributed by atoms with Gasteiger partial charge in [0.25, 0.3) is 5.91 Å². The Kier molecular flexibility index (Phi) is 4.62. The SMILES string of the molecule is COc1cccc(C(=O)N[C@H]2CCN(c3cc(-c4cccs4)[nH]n3)C2)c1. The summed E-state index contributed by atoms with van der Waals surface area (Å²) in [6.07, 6.45) is 0.900. The highest BCUT2D eigenvalue weighted by atomic mass is 32.1. The largest absolute Gasteiger partial charge is 0.497 e. The molecular formula is C19H20N4O2S. The minimum absolute atomic E-state index is 0.0722. The van der Waals surface area contributed by atoms with Gasteiger partial charge >= 0.3 is 0 Å². The van der Waals surface area contributed by atoms with Gasteiger partial charge in [0, 0.05) is 30.8 Å². The molecule has 1 aliphatic heterocycles. The number of H-pyrrole nitrogens is 1. The highest BCUT2D eigenvalue weighted by Crippen LogP contribution is 2.27. The van der Waals surface area contributed by atoms with Crippen LogP contribution < -0.4 is 15.0 Å². The zero-order valence-corrected chi connectivity index (χ0v) is 15.3. The maximum absolute atomic E-state index is 12.5. The summed E-state index contributed by atoms with van der Waals surface area (Å²) >= 11 is 1.68. The summed E-state index contributed by atoms with van der Waals surface area (Å²) in [5, 5.41) is 12.7. The maximum atomic E-state index is 12.5. The Morgan fingerprint density at radius 3 is 3.08 bits per heavy atom. The van der Waals surface area contributed by atoms with Crippen LogP contribution in [0.3, 0.4) is 0 Å². The lowest BCUT2D eigenvalue weighted by molar-refractivity contribution is 0.0940. The quantitative estimate of drug-likeness (QED) is 0.726. The minimum atomic E-state index is -0.0722. The van der Waals surface area contributed by atoms with Crippen molar-refractivity contribution in [2.45, 2.75) is 12.5 Å². The Bertz CT molecular complexity index is 891. The third-order valence-electron chi connectivity index (χ3n) is 4.53. The highest BCUT2D eigenvalue weighted by molar-refractivity contribution is 7.13. The number of anilines is 1. The number of methoxy groups -OCH3 is 1. The summed E-state index contributed by atoms with van der Waals surface area (Å²) < 4.78 is 5.18. The van der Waals surface area contributed by atoms with Crippen LogP contribution in [-0.4, -0.2) is 42.3 Å². The summed E-state index contributed by atoms with van der Waals surface area (Å²) in [7, 11) is 1.60. The average molecular weight is 368 g/mol. The van der Waals surface area contributed by atoms with Gasteiger partial charge in [0.05, 0.1) is 17.7 Å². The molecule has 134 valence electrons. The molecule has 3 heterocycles. The van der Waals surface area contributed by atoms with Crippen molar-refractivity contribution in [2.24, 2.45) is 0 Å². The van der Waals surface area contributed by atoms with Crippen LogP contribution in [-0.2, 0) is 0 Å². The second-order valence-electron chi connectivity index (χ2n) is 6.25. The Hall–Kier alpha value is -2.80. The van der Waals surface area contributed by atoms with E-state index >= 15 is 0 Å². The smallest absolute Gasteiger partial charge is 0.251 e. The number of aromatic amines is 1. The molecule has 0 bridgehead atoms. The number of aromatic nitrogens is 2. The monoisotopic (exact) mass is 368 g/mol. The molecule has 1 aromatic carbocycles. The number of hydrogen-bond donors (Lipinski definition) is 2. The van der Waals surface area contributed by atoms with Crippen molar-refractivity contribution in [3.63, 3.8) is 0 Å². The van der Waals surface area contributed by atoms with Crippen LogP contribution in [0.4, 0.5) is 5.82 Å². The van der Waals surface area contributed by atoms with E-state index in [1.165, 1.54) is 4.88 Å². The van der Waals surface area contributed by atoms with E-state index in [0.717, 1.165) is 31.0 Å². The number of nitrogens with zero attached hydrogens (tertiary/aromatic N) is 2. The zero-order valence-electron chi connectivity index (χ0n) is 14.4. The number of carbonyl (C=O) groups is 1. The van der Waals surface area contributed by atoms with Crippen molar-refractivity contribution >= 4 is 23.1 Å². The van der Waals surface area contributed by atoms with E-state index in [4.69, 9.17) is 4.74 Å². The lowest BCUT2D eigenvalue weighted by atomic mass is 10.2. The van der Waals surface area contributed by atoms with Gasteiger partial charge in [-0.25, -0.2) is 0 Å². The number of nitrogens with one attached hydrogen (secondary N) is 2. The van der Waals surface area contributed by atoms with Gasteiger partial charge in [-0.15, -0.1) is 11.3 Å². The van der Waals surface area contributed by atoms with E-state index in [1.807, 2.05) is 18.2 Å². The Labute approximate surface area is 155 Å². The fourth-order valence-electron chi connectivity index (χ4n) is 3.15. The van der Waals surface area contributed by atoms with Crippen LogP contribution in [0.15, 0.2) is 47.8 Å². The molecular weight excluding hydrogens is 348 g/mol. The van der Waals surface area contributed by atoms with E-state index in [2.05, 4.69) is 37.9 Å². The number of carbonyl (C=O) groups excluding carboxylic acids is 1. The molecule has 4 rings (SSSR count). The molecule has 0 unspecified atom stereocenters. The standard InChI is InChI=1S/C19H20N4O2S/c1-25-15-5-2-4-13(10-15)19(24)20-14-7-8-23(12-14)18-11-16(21-22-18)17-6-3-9-26-17/h2-6,9-11,14H,7-8,12H2,1H3,(H,20,24)(H,21,22)/t14-/m0/s1. The van der Waals surface area contributed by atoms with Crippen LogP contribution in [0, 0.1) is 0 Å². The van der Waals surface area contributed by atoms with Gasteiger partial charge in [-0.2, -0.15) is 5.10 Å². The molecule has 1 aliphatic rings. The number of ether oxygens (including phenoxy) is 1. The zero-order chi connectivity index (χ0) is 17.9. The third-order valence-corrected chi connectivity index (χ3v) is 5.43. The first-order valence-corrected chi connectivity index (χ1v) is 9.40. The van der Waals surface area contributed by atoms with Gasteiger partial charge < -0.3 is 15.0 Å². The van der Waals surface area contributed by atoms with Gasteiger partial charge in [-0.05, 0) is 36.1 Å². The topological polar surface area (TPSA) is 70.2 Å². The highest BCUT2D eigenvalue weighted by Gasteiger charge is 2.26. The molecule has 1 saturated heterocycles. The van der Waals surface area contributed by atoms with Gasteiger partial charge in [-0.3, -0.25) is 9.89 Å². The number of hydrogen-bond acceptors (Lipinski definition) is 5. The Balaban J connectivity index is 1.38. The fraction of sp³-hybridized carbons (Fsp3) is 0.263. The van der Waals surface area contributed by atoms with Crippen molar-refractivity contribution in [3.8, 4) is 16.3 Å². The molecule has 6 nitrogen and oxygen atoms in total. The third kappa shape index (κ3) is 3.43. The summed E-state index contributed by atoms with van der Waals surface area (Å²) in [6.45, 7) is 1.63. The van der Waals surface area contributed by atoms with Crippen LogP contribution in [0.2, 0.25) is 0 Å². The van der Waals surface area contributed by atoms with Crippen molar-refractivity contribution in [1.29, 1.82) is 0 Å². The van der Waals surface area contributed by atoms with Gasteiger partial charge in [-0.1, -0.05) is 12.1 Å². The van der Waals surface area contributed by atoms with Gasteiger partial charge in [0.15, 0.2) is 5.82 Å². The molecule has 1 fully saturated rings. The summed E-state index contributed by atoms with van der Waals surface area (Å²) in [5.41, 5.74) is 1.64. The molecule has 1 amide bonds. The van der Waals surface area contributed by atoms with Crippen LogP contribution >= 0.6 is 11.3 Å². The van der Waals surface area contributed by atoms with Crippen molar-refractivity contribution in [1.82, 2.24) is 15.5 Å². The molecule has 3 aromatic rings. The predicted octanol–water partition coefficient (Wildman–Crippen LogP) is 3.16. The maximum Gasteiger partial charge on any atom is 0.251 e. The Morgan fingerprint density at radius 1 is 1.35 bits per heavy atom. The molecule has 0 radical (unpaired) electrons. The first kappa shape index (κ1) is 16.7. The summed E-state index contributed by atoms with van der Waals surface area (Å²) in [4.78, 5) is 15.8. The molecule has 0 spiro atoms. The van der Waals surface area contributed by atoms with E-state index in [-0.39, 0.29) is 11.9 Å². The normalized spacial score (nSPS) is 16.7. The first-order chi connectivity index (χ1) is 12.7. The number of benzene rings is 1. The van der Waals surface area contributed by atoms with E-state index in [0.29, 0.717) is 11.3 Å². The van der Waals surface area contributed by atoms with E-state index in [9.17, 15) is 4.79 Å². The molecule has 7 heteroatoms. The van der Waals surface area contributed by atoms with E-state index in [1.54, 1.807) is 30.6 Å². The molecule has 2 aromatic heterocycles. The van der Waals surface area contributed by atoms with Gasteiger partial charge in [0.2, 0.25) is 0 Å². The number of rotatable bonds is 5. The predicted molar refractivity (Wildman–Crippen MR) is 103 cm³/mol. The van der Waals surface area contributed by atoms with Gasteiger partial charge in [0.1, 0.15) is 5.75 Å². The first-order valence-electron chi connectivity index (χ1n) is 8.52. The van der Waals surface area contributed by atoms with E-state index < -0.39 is 0 Å². The second kappa shape index (κ2) is 7.21. The van der Waals surface area contributed by atoms with Crippen LogP contribution in [0.5, 0.6) is 5.75 Å². The number of amides is 1. The molecule has 2 N–H and O–H groups in total. The Morgan fingerprint density at radius 2 is 2.27 bits per heavy atom. The minimum Gasteiger partial charge on any atom is -0.497 e. The lowest BCUT2D eigenvalue weighted by Crippen LogP contribution is -2.37. The molecule has 0 saturated carbocycles. The molecule has 1 atom stereocenters. The summed E-state index contributed by atoms with van der Waals surface area (Å²) in [6, 6.07) is 13.5. The molecule has 0 aliphatic carbocycles. The van der Waals surface area contributed by atoms with Crippen molar-refractivity contribution < 1.29 is 9.53 Å². The fourth-order valence-corrected chi connectivity index (χ4v) is 3.84. The number of thiophene rings is 1. The van der Waals surface area contributed by atoms with Crippen molar-refractivity contribution in [2.75, 3.05) is 25.1 Å². The second-order valence-corrected chi connectivity index (χ2v) is 7.20. The average Bonchev–Trinajstić information content (AvgIpc) is 3.41. The lowest BCUT2D eigenvalue weighted by Gasteiger charge is -2.16. The van der Waals surface area contributed by atoms with Crippen LogP contribution in [0.1, 0.15) is 16.8 Å². The van der Waals surface area contributed by atoms with Crippen molar-refractivity contribution in [3.05, 3.63) is 53.4 Å². The van der Waals surface area contributed by atoms with Crippen LogP contribution in [0.25, 0.3) is 10.6 Å². The summed E-state index contributed by atoms with van der Waals surface area (Å²) in [5.74, 6) is 1.53.